The van der Waals surface area contributed by atoms with Gasteiger partial charge in [0.05, 0.1) is 17.0 Å². The van der Waals surface area contributed by atoms with Crippen molar-refractivity contribution in [3.8, 4) is 0 Å². The summed E-state index contributed by atoms with van der Waals surface area (Å²) in [4.78, 5) is 22.9. The quantitative estimate of drug-likeness (QED) is 0.646. The first kappa shape index (κ1) is 17.7. The van der Waals surface area contributed by atoms with Gasteiger partial charge in [0.15, 0.2) is 0 Å². The van der Waals surface area contributed by atoms with Crippen LogP contribution in [0.1, 0.15) is 18.9 Å². The second-order valence-corrected chi connectivity index (χ2v) is 4.66. The van der Waals surface area contributed by atoms with Crippen LogP contribution in [0.2, 0.25) is 0 Å². The molecule has 9 heteroatoms. The lowest BCUT2D eigenvalue weighted by atomic mass is 10.1. The molecule has 122 valence electrons. The third kappa shape index (κ3) is 4.61. The van der Waals surface area contributed by atoms with Crippen LogP contribution in [0.5, 0.6) is 0 Å². The zero-order valence-corrected chi connectivity index (χ0v) is 12.1. The van der Waals surface area contributed by atoms with Crippen LogP contribution in [-0.4, -0.2) is 31.0 Å². The first-order valence-corrected chi connectivity index (χ1v) is 6.50. The SMILES string of the molecule is CCCNC(=O)CN(C)c1ccc(C(F)(F)F)cc1[N+](=O)[O-]. The zero-order chi connectivity index (χ0) is 16.9. The molecule has 1 rings (SSSR count). The first-order valence-electron chi connectivity index (χ1n) is 6.50. The molecule has 0 aromatic heterocycles. The molecule has 0 atom stereocenters. The van der Waals surface area contributed by atoms with Crippen LogP contribution in [0.3, 0.4) is 0 Å². The molecule has 0 fully saturated rings. The largest absolute Gasteiger partial charge is 0.416 e. The molecule has 6 nitrogen and oxygen atoms in total. The van der Waals surface area contributed by atoms with Gasteiger partial charge in [0.25, 0.3) is 5.69 Å². The Balaban J connectivity index is 3.03. The van der Waals surface area contributed by atoms with Crippen LogP contribution >= 0.6 is 0 Å². The van der Waals surface area contributed by atoms with E-state index in [4.69, 9.17) is 0 Å². The predicted molar refractivity (Wildman–Crippen MR) is 74.7 cm³/mol. The number of hydrogen-bond acceptors (Lipinski definition) is 4. The van der Waals surface area contributed by atoms with Crippen molar-refractivity contribution in [1.29, 1.82) is 0 Å². The summed E-state index contributed by atoms with van der Waals surface area (Å²) < 4.78 is 37.8. The standard InChI is InChI=1S/C13H16F3N3O3/c1-3-6-17-12(20)8-18(2)10-5-4-9(13(14,15)16)7-11(10)19(21)22/h4-5,7H,3,6,8H2,1-2H3,(H,17,20). The molecule has 0 spiro atoms. The first-order chi connectivity index (χ1) is 10.2. The molecular formula is C13H16F3N3O3. The Kier molecular flexibility index (Phi) is 5.72. The number of hydrogen-bond donors (Lipinski definition) is 1. The third-order valence-electron chi connectivity index (χ3n) is 2.86. The number of nitro benzene ring substituents is 1. The van der Waals surface area contributed by atoms with Crippen LogP contribution in [0.4, 0.5) is 24.5 Å². The fourth-order valence-electron chi connectivity index (χ4n) is 1.79. The van der Waals surface area contributed by atoms with Crippen LogP contribution in [0, 0.1) is 10.1 Å². The van der Waals surface area contributed by atoms with Crippen molar-refractivity contribution in [2.45, 2.75) is 19.5 Å². The van der Waals surface area contributed by atoms with Gasteiger partial charge in [0.1, 0.15) is 5.69 Å². The average molecular weight is 319 g/mol. The number of nitrogens with one attached hydrogen (secondary N) is 1. The fraction of sp³-hybridized carbons (Fsp3) is 0.462. The van der Waals surface area contributed by atoms with Crippen molar-refractivity contribution in [3.05, 3.63) is 33.9 Å². The summed E-state index contributed by atoms with van der Waals surface area (Å²) in [5, 5.41) is 13.6. The number of carbonyl (C=O) groups is 1. The highest BCUT2D eigenvalue weighted by atomic mass is 19.4. The Labute approximate surface area is 125 Å². The molecule has 1 aromatic carbocycles. The second kappa shape index (κ2) is 7.10. The number of anilines is 1. The van der Waals surface area contributed by atoms with E-state index in [9.17, 15) is 28.1 Å². The van der Waals surface area contributed by atoms with Crippen molar-refractivity contribution < 1.29 is 22.9 Å². The molecule has 0 heterocycles. The van der Waals surface area contributed by atoms with Crippen LogP contribution in [0.25, 0.3) is 0 Å². The average Bonchev–Trinajstić information content (AvgIpc) is 2.43. The van der Waals surface area contributed by atoms with E-state index in [0.29, 0.717) is 12.6 Å². The molecule has 22 heavy (non-hydrogen) atoms. The summed E-state index contributed by atoms with van der Waals surface area (Å²) >= 11 is 0. The summed E-state index contributed by atoms with van der Waals surface area (Å²) in [6, 6.07) is 2.21. The number of benzene rings is 1. The lowest BCUT2D eigenvalue weighted by Gasteiger charge is -2.19. The van der Waals surface area contributed by atoms with Gasteiger partial charge >= 0.3 is 6.18 Å². The number of halogens is 3. The molecule has 0 aliphatic heterocycles. The molecule has 0 bridgehead atoms. The molecule has 0 saturated carbocycles. The Bertz CT molecular complexity index is 561. The van der Waals surface area contributed by atoms with E-state index in [2.05, 4.69) is 5.32 Å². The second-order valence-electron chi connectivity index (χ2n) is 4.66. The normalized spacial score (nSPS) is 11.1. The summed E-state index contributed by atoms with van der Waals surface area (Å²) in [5.41, 5.74) is -1.85. The van der Waals surface area contributed by atoms with Crippen molar-refractivity contribution >= 4 is 17.3 Å². The van der Waals surface area contributed by atoms with Gasteiger partial charge in [-0.1, -0.05) is 6.92 Å². The smallest absolute Gasteiger partial charge is 0.360 e. The predicted octanol–water partition coefficient (Wildman–Crippen LogP) is 2.58. The Morgan fingerprint density at radius 2 is 2.05 bits per heavy atom. The highest BCUT2D eigenvalue weighted by Crippen LogP contribution is 2.36. The van der Waals surface area contributed by atoms with Gasteiger partial charge in [-0.15, -0.1) is 0 Å². The number of likely N-dealkylation sites (N-methyl/N-ethyl adjacent to an activating group) is 1. The van der Waals surface area contributed by atoms with Crippen LogP contribution in [-0.2, 0) is 11.0 Å². The van der Waals surface area contributed by atoms with Crippen molar-refractivity contribution in [2.24, 2.45) is 0 Å². The molecular weight excluding hydrogens is 303 g/mol. The highest BCUT2D eigenvalue weighted by molar-refractivity contribution is 5.82. The number of amides is 1. The van der Waals surface area contributed by atoms with Gasteiger partial charge < -0.3 is 10.2 Å². The minimum atomic E-state index is -4.67. The lowest BCUT2D eigenvalue weighted by molar-refractivity contribution is -0.384. The minimum absolute atomic E-state index is 0.0513. The van der Waals surface area contributed by atoms with Gasteiger partial charge in [0, 0.05) is 19.7 Å². The fourth-order valence-corrected chi connectivity index (χ4v) is 1.79. The van der Waals surface area contributed by atoms with E-state index < -0.39 is 22.4 Å². The number of carbonyl (C=O) groups excluding carboxylic acids is 1. The van der Waals surface area contributed by atoms with Crippen LogP contribution in [0.15, 0.2) is 18.2 Å². The molecule has 0 radical (unpaired) electrons. The van der Waals surface area contributed by atoms with Gasteiger partial charge in [-0.2, -0.15) is 13.2 Å². The Morgan fingerprint density at radius 1 is 1.41 bits per heavy atom. The molecule has 0 aliphatic carbocycles. The van der Waals surface area contributed by atoms with Gasteiger partial charge in [-0.25, -0.2) is 0 Å². The molecule has 1 amide bonds. The minimum Gasteiger partial charge on any atom is -0.360 e. The maximum atomic E-state index is 12.6. The van der Waals surface area contributed by atoms with E-state index in [0.717, 1.165) is 18.6 Å². The zero-order valence-electron chi connectivity index (χ0n) is 12.1. The summed E-state index contributed by atoms with van der Waals surface area (Å²) in [7, 11) is 1.40. The maximum Gasteiger partial charge on any atom is 0.416 e. The molecule has 1 N–H and O–H groups in total. The van der Waals surface area contributed by atoms with E-state index in [1.165, 1.54) is 11.9 Å². The van der Waals surface area contributed by atoms with Gasteiger partial charge in [-0.05, 0) is 18.6 Å². The van der Waals surface area contributed by atoms with Crippen molar-refractivity contribution in [3.63, 3.8) is 0 Å². The van der Waals surface area contributed by atoms with Gasteiger partial charge in [0.2, 0.25) is 5.91 Å². The van der Waals surface area contributed by atoms with Gasteiger partial charge in [-0.3, -0.25) is 14.9 Å². The molecule has 0 saturated heterocycles. The number of nitrogens with zero attached hydrogens (tertiary/aromatic N) is 2. The van der Waals surface area contributed by atoms with E-state index in [1.54, 1.807) is 0 Å². The van der Waals surface area contributed by atoms with E-state index in [-0.39, 0.29) is 18.1 Å². The number of nitro groups is 1. The topological polar surface area (TPSA) is 75.5 Å². The maximum absolute atomic E-state index is 12.6. The third-order valence-corrected chi connectivity index (χ3v) is 2.86. The van der Waals surface area contributed by atoms with Crippen LogP contribution < -0.4 is 10.2 Å². The summed E-state index contributed by atoms with van der Waals surface area (Å²) in [6.45, 7) is 2.14. The Morgan fingerprint density at radius 3 is 2.55 bits per heavy atom. The molecule has 0 aliphatic rings. The molecule has 0 unspecified atom stereocenters. The van der Waals surface area contributed by atoms with Crippen molar-refractivity contribution in [1.82, 2.24) is 5.32 Å². The van der Waals surface area contributed by atoms with Crippen molar-refractivity contribution in [2.75, 3.05) is 25.0 Å². The van der Waals surface area contributed by atoms with E-state index in [1.807, 2.05) is 6.92 Å². The summed E-state index contributed by atoms with van der Waals surface area (Å²) in [6.07, 6.45) is -3.93. The van der Waals surface area contributed by atoms with E-state index >= 15 is 0 Å². The monoisotopic (exact) mass is 319 g/mol. The number of alkyl halides is 3. The molecule has 1 aromatic rings. The lowest BCUT2D eigenvalue weighted by Crippen LogP contribution is -2.35. The highest BCUT2D eigenvalue weighted by Gasteiger charge is 2.33. The Hall–Kier alpha value is -2.32. The summed E-state index contributed by atoms with van der Waals surface area (Å²) in [5.74, 6) is -0.362. The number of rotatable bonds is 6.